The number of hydrogen-bond donors (Lipinski definition) is 6. The van der Waals surface area contributed by atoms with Crippen molar-refractivity contribution >= 4 is 6.21 Å². The van der Waals surface area contributed by atoms with Gasteiger partial charge < -0.3 is 31.4 Å². The van der Waals surface area contributed by atoms with Crippen molar-refractivity contribution in [2.24, 2.45) is 10.9 Å². The van der Waals surface area contributed by atoms with E-state index in [-0.39, 0.29) is 0 Å². The first-order chi connectivity index (χ1) is 6.04. The second-order valence-electron chi connectivity index (χ2n) is 2.57. The Morgan fingerprint density at radius 2 is 1.77 bits per heavy atom. The van der Waals surface area contributed by atoms with Gasteiger partial charge in [-0.05, 0) is 0 Å². The van der Waals surface area contributed by atoms with Crippen LogP contribution in [0.5, 0.6) is 0 Å². The molecule has 0 aliphatic rings. The number of nitrogens with two attached hydrogens (primary N) is 1. The number of nitrogens with zero attached hydrogens (tertiary/aromatic N) is 1. The third-order valence-electron chi connectivity index (χ3n) is 1.56. The molecule has 0 aliphatic carbocycles. The third-order valence-corrected chi connectivity index (χ3v) is 1.56. The third kappa shape index (κ3) is 3.66. The molecule has 7 nitrogen and oxygen atoms in total. The van der Waals surface area contributed by atoms with Gasteiger partial charge in [0.25, 0.3) is 0 Å². The SMILES string of the molecule is NC(/C=N/O)C(O)C(O)C(O)CO. The van der Waals surface area contributed by atoms with Gasteiger partial charge in [-0.1, -0.05) is 0 Å². The maximum atomic E-state index is 9.17. The average molecular weight is 194 g/mol. The van der Waals surface area contributed by atoms with Crippen LogP contribution in [0.25, 0.3) is 0 Å². The highest BCUT2D eigenvalue weighted by atomic mass is 16.4. The smallest absolute Gasteiger partial charge is 0.110 e. The van der Waals surface area contributed by atoms with Gasteiger partial charge in [0.05, 0.1) is 18.9 Å². The summed E-state index contributed by atoms with van der Waals surface area (Å²) in [5.74, 6) is 0. The second-order valence-corrected chi connectivity index (χ2v) is 2.57. The predicted molar refractivity (Wildman–Crippen MR) is 43.4 cm³/mol. The van der Waals surface area contributed by atoms with Gasteiger partial charge in [0.2, 0.25) is 0 Å². The zero-order valence-electron chi connectivity index (χ0n) is 6.85. The minimum Gasteiger partial charge on any atom is -0.411 e. The van der Waals surface area contributed by atoms with Crippen LogP contribution in [0, 0.1) is 0 Å². The Morgan fingerprint density at radius 1 is 1.23 bits per heavy atom. The van der Waals surface area contributed by atoms with Crippen LogP contribution >= 0.6 is 0 Å². The van der Waals surface area contributed by atoms with Gasteiger partial charge in [-0.2, -0.15) is 0 Å². The Balaban J connectivity index is 4.15. The molecule has 0 aromatic rings. The van der Waals surface area contributed by atoms with E-state index in [1.54, 1.807) is 0 Å². The van der Waals surface area contributed by atoms with Gasteiger partial charge >= 0.3 is 0 Å². The first-order valence-corrected chi connectivity index (χ1v) is 3.62. The largest absolute Gasteiger partial charge is 0.411 e. The molecule has 4 unspecified atom stereocenters. The van der Waals surface area contributed by atoms with Gasteiger partial charge in [0.1, 0.15) is 18.3 Å². The molecule has 0 aliphatic heterocycles. The van der Waals surface area contributed by atoms with Crippen molar-refractivity contribution in [1.29, 1.82) is 0 Å². The van der Waals surface area contributed by atoms with Gasteiger partial charge in [-0.15, -0.1) is 5.16 Å². The van der Waals surface area contributed by atoms with Gasteiger partial charge in [-0.25, -0.2) is 0 Å². The average Bonchev–Trinajstić information content (AvgIpc) is 2.14. The molecule has 0 amide bonds. The fourth-order valence-corrected chi connectivity index (χ4v) is 0.728. The number of aliphatic hydroxyl groups is 4. The van der Waals surface area contributed by atoms with Crippen LogP contribution in [0.3, 0.4) is 0 Å². The molecule has 0 fully saturated rings. The van der Waals surface area contributed by atoms with Crippen LogP contribution in [0.2, 0.25) is 0 Å². The quantitative estimate of drug-likeness (QED) is 0.155. The van der Waals surface area contributed by atoms with E-state index in [2.05, 4.69) is 5.16 Å². The number of oxime groups is 1. The summed E-state index contributed by atoms with van der Waals surface area (Å²) < 4.78 is 0. The summed E-state index contributed by atoms with van der Waals surface area (Å²) in [6, 6.07) is -1.11. The van der Waals surface area contributed by atoms with E-state index in [9.17, 15) is 5.11 Å². The van der Waals surface area contributed by atoms with Crippen molar-refractivity contribution in [3.05, 3.63) is 0 Å². The highest BCUT2D eigenvalue weighted by molar-refractivity contribution is 5.64. The molecule has 0 aromatic carbocycles. The summed E-state index contributed by atoms with van der Waals surface area (Å²) in [6.07, 6.45) is -3.76. The molecule has 0 spiro atoms. The summed E-state index contributed by atoms with van der Waals surface area (Å²) in [6.45, 7) is -0.693. The first-order valence-electron chi connectivity index (χ1n) is 3.62. The minimum absolute atomic E-state index is 0.693. The lowest BCUT2D eigenvalue weighted by Crippen LogP contribution is -2.49. The van der Waals surface area contributed by atoms with E-state index in [0.29, 0.717) is 0 Å². The lowest BCUT2D eigenvalue weighted by Gasteiger charge is -2.23. The van der Waals surface area contributed by atoms with Crippen LogP contribution < -0.4 is 5.73 Å². The maximum absolute atomic E-state index is 9.17. The van der Waals surface area contributed by atoms with E-state index in [4.69, 9.17) is 26.3 Å². The topological polar surface area (TPSA) is 140 Å². The van der Waals surface area contributed by atoms with Crippen LogP contribution in [-0.4, -0.2) is 62.8 Å². The van der Waals surface area contributed by atoms with Crippen LogP contribution in [-0.2, 0) is 0 Å². The highest BCUT2D eigenvalue weighted by Crippen LogP contribution is 2.01. The van der Waals surface area contributed by atoms with Gasteiger partial charge in [-0.3, -0.25) is 0 Å². The monoisotopic (exact) mass is 194 g/mol. The molecule has 0 aromatic heterocycles. The van der Waals surface area contributed by atoms with Crippen molar-refractivity contribution in [2.75, 3.05) is 6.61 Å². The van der Waals surface area contributed by atoms with E-state index in [1.165, 1.54) is 0 Å². The summed E-state index contributed by atoms with van der Waals surface area (Å²) in [5.41, 5.74) is 5.21. The molecule has 0 saturated carbocycles. The predicted octanol–water partition coefficient (Wildman–Crippen LogP) is -3.15. The Hall–Kier alpha value is -0.730. The van der Waals surface area contributed by atoms with E-state index in [0.717, 1.165) is 6.21 Å². The summed E-state index contributed by atoms with van der Waals surface area (Å²) >= 11 is 0. The number of hydrogen-bond acceptors (Lipinski definition) is 7. The molecule has 0 bridgehead atoms. The molecule has 0 rings (SSSR count). The molecular formula is C6H14N2O5. The van der Waals surface area contributed by atoms with Crippen molar-refractivity contribution in [3.8, 4) is 0 Å². The van der Waals surface area contributed by atoms with E-state index >= 15 is 0 Å². The van der Waals surface area contributed by atoms with Crippen molar-refractivity contribution in [3.63, 3.8) is 0 Å². The molecule has 78 valence electrons. The second kappa shape index (κ2) is 5.84. The lowest BCUT2D eigenvalue weighted by atomic mass is 10.0. The molecule has 7 heteroatoms. The zero-order chi connectivity index (χ0) is 10.4. The Kier molecular flexibility index (Phi) is 5.51. The zero-order valence-corrected chi connectivity index (χ0v) is 6.85. The van der Waals surface area contributed by atoms with Crippen LogP contribution in [0.1, 0.15) is 0 Å². The molecule has 13 heavy (non-hydrogen) atoms. The van der Waals surface area contributed by atoms with E-state index in [1.807, 2.05) is 0 Å². The Bertz CT molecular complexity index is 165. The fourth-order valence-electron chi connectivity index (χ4n) is 0.728. The first kappa shape index (κ1) is 12.3. The van der Waals surface area contributed by atoms with E-state index < -0.39 is 31.0 Å². The van der Waals surface area contributed by atoms with Crippen molar-refractivity contribution in [2.45, 2.75) is 24.4 Å². The Morgan fingerprint density at radius 3 is 2.15 bits per heavy atom. The fraction of sp³-hybridized carbons (Fsp3) is 0.833. The standard InChI is InChI=1S/C6H14N2O5/c7-3(1-8-13)5(11)6(12)4(10)2-9/h1,3-6,9-13H,2,7H2/b8-1+. The summed E-state index contributed by atoms with van der Waals surface area (Å²) in [5, 5.41) is 46.2. The Labute approximate surface area is 74.7 Å². The number of aliphatic hydroxyl groups excluding tert-OH is 4. The van der Waals surface area contributed by atoms with Crippen LogP contribution in [0.4, 0.5) is 0 Å². The molecule has 4 atom stereocenters. The molecule has 0 radical (unpaired) electrons. The molecule has 7 N–H and O–H groups in total. The van der Waals surface area contributed by atoms with Gasteiger partial charge in [0.15, 0.2) is 0 Å². The molecular weight excluding hydrogens is 180 g/mol. The van der Waals surface area contributed by atoms with Crippen LogP contribution in [0.15, 0.2) is 5.16 Å². The molecule has 0 heterocycles. The minimum atomic E-state index is -1.59. The normalized spacial score (nSPS) is 21.3. The van der Waals surface area contributed by atoms with Gasteiger partial charge in [0, 0.05) is 0 Å². The molecule has 0 saturated heterocycles. The highest BCUT2D eigenvalue weighted by Gasteiger charge is 2.28. The van der Waals surface area contributed by atoms with Crippen molar-refractivity contribution in [1.82, 2.24) is 0 Å². The summed E-state index contributed by atoms with van der Waals surface area (Å²) in [4.78, 5) is 0. The van der Waals surface area contributed by atoms with Crippen molar-refractivity contribution < 1.29 is 25.6 Å². The summed E-state index contributed by atoms with van der Waals surface area (Å²) in [7, 11) is 0. The lowest BCUT2D eigenvalue weighted by molar-refractivity contribution is -0.0772. The maximum Gasteiger partial charge on any atom is 0.110 e. The number of rotatable bonds is 5.